The van der Waals surface area contributed by atoms with Gasteiger partial charge in [-0.2, -0.15) is 0 Å². The number of ether oxygens (including phenoxy) is 1. The van der Waals surface area contributed by atoms with Crippen molar-refractivity contribution in [2.75, 3.05) is 13.2 Å². The van der Waals surface area contributed by atoms with Crippen LogP contribution in [-0.4, -0.2) is 24.8 Å². The van der Waals surface area contributed by atoms with Gasteiger partial charge in [0.15, 0.2) is 0 Å². The fourth-order valence-corrected chi connectivity index (χ4v) is 2.28. The van der Waals surface area contributed by atoms with E-state index in [0.29, 0.717) is 6.10 Å². The lowest BCUT2D eigenvalue weighted by Gasteiger charge is -2.30. The van der Waals surface area contributed by atoms with Crippen molar-refractivity contribution in [3.63, 3.8) is 0 Å². The Labute approximate surface area is 86.7 Å². The van der Waals surface area contributed by atoms with Gasteiger partial charge in [-0.25, -0.2) is 0 Å². The topological polar surface area (TPSA) is 21.3 Å². The van der Waals surface area contributed by atoms with E-state index in [1.165, 1.54) is 12.8 Å². The van der Waals surface area contributed by atoms with Crippen LogP contribution in [0.25, 0.3) is 0 Å². The summed E-state index contributed by atoms with van der Waals surface area (Å²) in [5, 5.41) is 3.68. The third-order valence-corrected chi connectivity index (χ3v) is 3.79. The molecule has 2 unspecified atom stereocenters. The van der Waals surface area contributed by atoms with E-state index in [4.69, 9.17) is 4.74 Å². The van der Waals surface area contributed by atoms with Gasteiger partial charge in [0.05, 0.1) is 6.10 Å². The van der Waals surface area contributed by atoms with Gasteiger partial charge in [-0.3, -0.25) is 0 Å². The smallest absolute Gasteiger partial charge is 0.0726 e. The zero-order chi connectivity index (χ0) is 10.0. The molecule has 0 aromatic carbocycles. The van der Waals surface area contributed by atoms with Gasteiger partial charge in [-0.15, -0.1) is 0 Å². The van der Waals surface area contributed by atoms with E-state index in [1.54, 1.807) is 0 Å². The second-order valence-electron chi connectivity index (χ2n) is 4.87. The highest BCUT2D eigenvalue weighted by atomic mass is 16.5. The Balaban J connectivity index is 1.78. The SMILES string of the molecule is CC1OCCC1(C)NCC1CC=CC1. The lowest BCUT2D eigenvalue weighted by Crippen LogP contribution is -2.49. The lowest BCUT2D eigenvalue weighted by molar-refractivity contribution is 0.0873. The first-order chi connectivity index (χ1) is 6.71. The Bertz CT molecular complexity index is 218. The lowest BCUT2D eigenvalue weighted by atomic mass is 9.93. The van der Waals surface area contributed by atoms with Gasteiger partial charge in [-0.05, 0) is 45.6 Å². The quantitative estimate of drug-likeness (QED) is 0.696. The van der Waals surface area contributed by atoms with E-state index in [1.807, 2.05) is 0 Å². The van der Waals surface area contributed by atoms with Crippen molar-refractivity contribution in [1.82, 2.24) is 5.32 Å². The van der Waals surface area contributed by atoms with Gasteiger partial charge < -0.3 is 10.1 Å². The predicted molar refractivity (Wildman–Crippen MR) is 58.3 cm³/mol. The number of hydrogen-bond acceptors (Lipinski definition) is 2. The minimum atomic E-state index is 0.211. The van der Waals surface area contributed by atoms with E-state index in [0.717, 1.165) is 25.5 Å². The highest BCUT2D eigenvalue weighted by Gasteiger charge is 2.36. The summed E-state index contributed by atoms with van der Waals surface area (Å²) >= 11 is 0. The number of hydrogen-bond donors (Lipinski definition) is 1. The summed E-state index contributed by atoms with van der Waals surface area (Å²) in [7, 11) is 0. The van der Waals surface area contributed by atoms with Crippen LogP contribution < -0.4 is 5.32 Å². The molecule has 2 rings (SSSR count). The zero-order valence-corrected chi connectivity index (χ0v) is 9.25. The van der Waals surface area contributed by atoms with Crippen molar-refractivity contribution < 1.29 is 4.74 Å². The van der Waals surface area contributed by atoms with E-state index in [9.17, 15) is 0 Å². The van der Waals surface area contributed by atoms with E-state index >= 15 is 0 Å². The van der Waals surface area contributed by atoms with Crippen LogP contribution in [0, 0.1) is 5.92 Å². The van der Waals surface area contributed by atoms with Crippen molar-refractivity contribution in [3.8, 4) is 0 Å². The van der Waals surface area contributed by atoms with Crippen LogP contribution in [-0.2, 0) is 4.74 Å². The molecule has 1 aliphatic heterocycles. The molecule has 80 valence electrons. The second-order valence-corrected chi connectivity index (χ2v) is 4.87. The third-order valence-electron chi connectivity index (χ3n) is 3.79. The summed E-state index contributed by atoms with van der Waals surface area (Å²) in [5.41, 5.74) is 0.211. The van der Waals surface area contributed by atoms with E-state index in [2.05, 4.69) is 31.3 Å². The maximum Gasteiger partial charge on any atom is 0.0726 e. The fraction of sp³-hybridized carbons (Fsp3) is 0.833. The second kappa shape index (κ2) is 4.03. The molecule has 2 nitrogen and oxygen atoms in total. The van der Waals surface area contributed by atoms with Crippen LogP contribution in [0.1, 0.15) is 33.1 Å². The van der Waals surface area contributed by atoms with Crippen molar-refractivity contribution in [2.24, 2.45) is 5.92 Å². The first-order valence-electron chi connectivity index (χ1n) is 5.72. The van der Waals surface area contributed by atoms with Crippen LogP contribution in [0.2, 0.25) is 0 Å². The van der Waals surface area contributed by atoms with Crippen LogP contribution in [0.15, 0.2) is 12.2 Å². The Hall–Kier alpha value is -0.340. The molecule has 2 aliphatic rings. The minimum absolute atomic E-state index is 0.211. The van der Waals surface area contributed by atoms with Crippen molar-refractivity contribution >= 4 is 0 Å². The summed E-state index contributed by atoms with van der Waals surface area (Å²) in [5.74, 6) is 0.819. The van der Waals surface area contributed by atoms with E-state index in [-0.39, 0.29) is 5.54 Å². The van der Waals surface area contributed by atoms with Crippen molar-refractivity contribution in [3.05, 3.63) is 12.2 Å². The van der Waals surface area contributed by atoms with Gasteiger partial charge in [0.1, 0.15) is 0 Å². The molecule has 1 N–H and O–H groups in total. The summed E-state index contributed by atoms with van der Waals surface area (Å²) < 4.78 is 5.61. The molecule has 1 fully saturated rings. The molecule has 14 heavy (non-hydrogen) atoms. The molecule has 2 heteroatoms. The molecular weight excluding hydrogens is 174 g/mol. The molecule has 1 aliphatic carbocycles. The molecule has 1 heterocycles. The first-order valence-corrected chi connectivity index (χ1v) is 5.72. The van der Waals surface area contributed by atoms with Crippen molar-refractivity contribution in [1.29, 1.82) is 0 Å². The normalized spacial score (nSPS) is 38.3. The molecular formula is C12H21NO. The summed E-state index contributed by atoms with van der Waals surface area (Å²) in [6.45, 7) is 6.50. The molecule has 0 aromatic heterocycles. The molecule has 0 amide bonds. The van der Waals surface area contributed by atoms with Gasteiger partial charge >= 0.3 is 0 Å². The Kier molecular flexibility index (Phi) is 2.93. The van der Waals surface area contributed by atoms with Gasteiger partial charge in [0.2, 0.25) is 0 Å². The van der Waals surface area contributed by atoms with Gasteiger partial charge in [-0.1, -0.05) is 12.2 Å². The standard InChI is InChI=1S/C12H21NO/c1-10-12(2,7-8-14-10)13-9-11-5-3-4-6-11/h3-4,10-11,13H,5-9H2,1-2H3. The first kappa shape index (κ1) is 10.2. The summed E-state index contributed by atoms with van der Waals surface area (Å²) in [6, 6.07) is 0. The summed E-state index contributed by atoms with van der Waals surface area (Å²) in [6.07, 6.45) is 8.59. The fourth-order valence-electron chi connectivity index (χ4n) is 2.28. The average Bonchev–Trinajstić information content (AvgIpc) is 2.75. The van der Waals surface area contributed by atoms with Crippen LogP contribution >= 0.6 is 0 Å². The van der Waals surface area contributed by atoms with Gasteiger partial charge in [0, 0.05) is 12.1 Å². The van der Waals surface area contributed by atoms with Crippen LogP contribution in [0.4, 0.5) is 0 Å². The maximum absolute atomic E-state index is 5.61. The third kappa shape index (κ3) is 2.01. The molecule has 2 atom stereocenters. The average molecular weight is 195 g/mol. The molecule has 1 saturated heterocycles. The largest absolute Gasteiger partial charge is 0.377 e. The molecule has 0 bridgehead atoms. The molecule has 0 aromatic rings. The van der Waals surface area contributed by atoms with Crippen LogP contribution in [0.5, 0.6) is 0 Å². The monoisotopic (exact) mass is 195 g/mol. The minimum Gasteiger partial charge on any atom is -0.377 e. The van der Waals surface area contributed by atoms with Gasteiger partial charge in [0.25, 0.3) is 0 Å². The number of nitrogens with one attached hydrogen (secondary N) is 1. The number of allylic oxidation sites excluding steroid dienone is 2. The molecule has 0 saturated carbocycles. The molecule has 0 radical (unpaired) electrons. The van der Waals surface area contributed by atoms with Crippen LogP contribution in [0.3, 0.4) is 0 Å². The van der Waals surface area contributed by atoms with Crippen molar-refractivity contribution in [2.45, 2.75) is 44.8 Å². The number of rotatable bonds is 3. The van der Waals surface area contributed by atoms with E-state index < -0.39 is 0 Å². The molecule has 0 spiro atoms. The summed E-state index contributed by atoms with van der Waals surface area (Å²) in [4.78, 5) is 0. The zero-order valence-electron chi connectivity index (χ0n) is 9.25. The Morgan fingerprint density at radius 1 is 1.43 bits per heavy atom. The maximum atomic E-state index is 5.61. The Morgan fingerprint density at radius 2 is 2.14 bits per heavy atom. The highest BCUT2D eigenvalue weighted by Crippen LogP contribution is 2.26. The highest BCUT2D eigenvalue weighted by molar-refractivity contribution is 4.98. The predicted octanol–water partition coefficient (Wildman–Crippen LogP) is 2.11. The Morgan fingerprint density at radius 3 is 2.71 bits per heavy atom.